The third-order valence-corrected chi connectivity index (χ3v) is 1.51. The molecule has 0 aromatic carbocycles. The van der Waals surface area contributed by atoms with Gasteiger partial charge in [-0.25, -0.2) is 4.98 Å². The Bertz CT molecular complexity index is 254. The van der Waals surface area contributed by atoms with E-state index in [0.29, 0.717) is 0 Å². The van der Waals surface area contributed by atoms with E-state index in [1.165, 1.54) is 0 Å². The second-order valence-electron chi connectivity index (χ2n) is 2.57. The standard InChI is InChI=1S/C8H14N4O/c1-13-6-2-4-10-7-3-5-11-8(9)12-7/h3,5H,2,4,6H2,1H3,(H3,9,10,11,12). The highest BCUT2D eigenvalue weighted by Gasteiger charge is 1.93. The molecule has 3 N–H and O–H groups in total. The van der Waals surface area contributed by atoms with Gasteiger partial charge in [0.15, 0.2) is 0 Å². The first-order valence-corrected chi connectivity index (χ1v) is 4.14. The number of nitrogens with zero attached hydrogens (tertiary/aromatic N) is 2. The van der Waals surface area contributed by atoms with Crippen molar-refractivity contribution in [3.63, 3.8) is 0 Å². The molecule has 0 bridgehead atoms. The zero-order valence-corrected chi connectivity index (χ0v) is 7.66. The highest BCUT2D eigenvalue weighted by molar-refractivity contribution is 5.36. The maximum atomic E-state index is 5.40. The molecule has 1 rings (SSSR count). The van der Waals surface area contributed by atoms with E-state index in [0.717, 1.165) is 25.4 Å². The normalized spacial score (nSPS) is 9.92. The Balaban J connectivity index is 2.28. The summed E-state index contributed by atoms with van der Waals surface area (Å²) in [6.45, 7) is 1.57. The van der Waals surface area contributed by atoms with E-state index in [4.69, 9.17) is 10.5 Å². The highest BCUT2D eigenvalue weighted by Crippen LogP contribution is 2.01. The number of hydrogen-bond donors (Lipinski definition) is 2. The largest absolute Gasteiger partial charge is 0.385 e. The van der Waals surface area contributed by atoms with E-state index in [1.54, 1.807) is 19.4 Å². The number of nitrogens with one attached hydrogen (secondary N) is 1. The van der Waals surface area contributed by atoms with Crippen molar-refractivity contribution in [3.05, 3.63) is 12.3 Å². The van der Waals surface area contributed by atoms with Gasteiger partial charge in [0.1, 0.15) is 5.82 Å². The fourth-order valence-electron chi connectivity index (χ4n) is 0.905. The van der Waals surface area contributed by atoms with Crippen LogP contribution in [0.3, 0.4) is 0 Å². The second-order valence-corrected chi connectivity index (χ2v) is 2.57. The molecule has 13 heavy (non-hydrogen) atoms. The average molecular weight is 182 g/mol. The molecule has 0 aliphatic carbocycles. The van der Waals surface area contributed by atoms with E-state index < -0.39 is 0 Å². The molecule has 1 heterocycles. The number of hydrogen-bond acceptors (Lipinski definition) is 5. The molecule has 0 radical (unpaired) electrons. The van der Waals surface area contributed by atoms with Crippen LogP contribution < -0.4 is 11.1 Å². The molecular weight excluding hydrogens is 168 g/mol. The van der Waals surface area contributed by atoms with Crippen LogP contribution in [0.5, 0.6) is 0 Å². The van der Waals surface area contributed by atoms with Crippen LogP contribution in [0.4, 0.5) is 11.8 Å². The quantitative estimate of drug-likeness (QED) is 0.649. The SMILES string of the molecule is COCCCNc1ccnc(N)n1. The summed E-state index contributed by atoms with van der Waals surface area (Å²) in [5.74, 6) is 1.04. The second kappa shape index (κ2) is 5.31. The van der Waals surface area contributed by atoms with Crippen molar-refractivity contribution in [2.45, 2.75) is 6.42 Å². The molecular formula is C8H14N4O. The molecule has 0 saturated heterocycles. The van der Waals surface area contributed by atoms with Gasteiger partial charge in [-0.05, 0) is 12.5 Å². The number of aromatic nitrogens is 2. The van der Waals surface area contributed by atoms with Crippen molar-refractivity contribution in [3.8, 4) is 0 Å². The Kier molecular flexibility index (Phi) is 3.98. The van der Waals surface area contributed by atoms with Crippen LogP contribution in [0.1, 0.15) is 6.42 Å². The van der Waals surface area contributed by atoms with Crippen molar-refractivity contribution in [1.29, 1.82) is 0 Å². The lowest BCUT2D eigenvalue weighted by Gasteiger charge is -2.04. The Labute approximate surface area is 77.3 Å². The maximum Gasteiger partial charge on any atom is 0.221 e. The molecule has 5 heteroatoms. The molecule has 5 nitrogen and oxygen atoms in total. The molecule has 0 aliphatic heterocycles. The molecule has 0 fully saturated rings. The molecule has 0 saturated carbocycles. The van der Waals surface area contributed by atoms with Crippen molar-refractivity contribution in [2.75, 3.05) is 31.3 Å². The molecule has 0 aliphatic rings. The first kappa shape index (κ1) is 9.73. The topological polar surface area (TPSA) is 73.1 Å². The van der Waals surface area contributed by atoms with Crippen molar-refractivity contribution < 1.29 is 4.74 Å². The molecule has 72 valence electrons. The minimum absolute atomic E-state index is 0.289. The lowest BCUT2D eigenvalue weighted by molar-refractivity contribution is 0.198. The van der Waals surface area contributed by atoms with Gasteiger partial charge in [0, 0.05) is 26.5 Å². The molecule has 0 amide bonds. The minimum atomic E-state index is 0.289. The van der Waals surface area contributed by atoms with E-state index in [-0.39, 0.29) is 5.95 Å². The number of nitrogen functional groups attached to an aromatic ring is 1. The zero-order valence-electron chi connectivity index (χ0n) is 7.66. The lowest BCUT2D eigenvalue weighted by Crippen LogP contribution is -2.07. The van der Waals surface area contributed by atoms with Crippen LogP contribution in [0.25, 0.3) is 0 Å². The van der Waals surface area contributed by atoms with Crippen LogP contribution >= 0.6 is 0 Å². The molecule has 0 unspecified atom stereocenters. The smallest absolute Gasteiger partial charge is 0.221 e. The predicted octanol–water partition coefficient (Wildman–Crippen LogP) is 0.507. The molecule has 1 aromatic rings. The van der Waals surface area contributed by atoms with Gasteiger partial charge >= 0.3 is 0 Å². The first-order chi connectivity index (χ1) is 6.33. The number of nitrogens with two attached hydrogens (primary N) is 1. The maximum absolute atomic E-state index is 5.40. The van der Waals surface area contributed by atoms with Gasteiger partial charge in [-0.2, -0.15) is 4.98 Å². The lowest BCUT2D eigenvalue weighted by atomic mass is 10.4. The fraction of sp³-hybridized carbons (Fsp3) is 0.500. The summed E-state index contributed by atoms with van der Waals surface area (Å²) in [7, 11) is 1.68. The van der Waals surface area contributed by atoms with Gasteiger partial charge in [-0.15, -0.1) is 0 Å². The summed E-state index contributed by atoms with van der Waals surface area (Å²) in [5, 5.41) is 3.11. The minimum Gasteiger partial charge on any atom is -0.385 e. The number of rotatable bonds is 5. The van der Waals surface area contributed by atoms with Crippen LogP contribution in [0, 0.1) is 0 Å². The van der Waals surface area contributed by atoms with Crippen molar-refractivity contribution >= 4 is 11.8 Å². The predicted molar refractivity (Wildman–Crippen MR) is 51.4 cm³/mol. The third kappa shape index (κ3) is 3.71. The summed E-state index contributed by atoms with van der Waals surface area (Å²) < 4.78 is 4.91. The van der Waals surface area contributed by atoms with Crippen LogP contribution in [0.15, 0.2) is 12.3 Å². The van der Waals surface area contributed by atoms with E-state index in [1.807, 2.05) is 0 Å². The first-order valence-electron chi connectivity index (χ1n) is 4.14. The van der Waals surface area contributed by atoms with Crippen LogP contribution in [-0.4, -0.2) is 30.2 Å². The fourth-order valence-corrected chi connectivity index (χ4v) is 0.905. The summed E-state index contributed by atoms with van der Waals surface area (Å²) in [6, 6.07) is 1.78. The summed E-state index contributed by atoms with van der Waals surface area (Å²) in [6.07, 6.45) is 2.57. The summed E-state index contributed by atoms with van der Waals surface area (Å²) in [4.78, 5) is 7.77. The van der Waals surface area contributed by atoms with E-state index >= 15 is 0 Å². The van der Waals surface area contributed by atoms with Crippen molar-refractivity contribution in [1.82, 2.24) is 9.97 Å². The van der Waals surface area contributed by atoms with Gasteiger partial charge in [-0.3, -0.25) is 0 Å². The Morgan fingerprint density at radius 2 is 2.46 bits per heavy atom. The molecule has 1 aromatic heterocycles. The number of ether oxygens (including phenoxy) is 1. The molecule has 0 spiro atoms. The van der Waals surface area contributed by atoms with Crippen molar-refractivity contribution in [2.24, 2.45) is 0 Å². The monoisotopic (exact) mass is 182 g/mol. The van der Waals surface area contributed by atoms with Crippen LogP contribution in [0.2, 0.25) is 0 Å². The summed E-state index contributed by atoms with van der Waals surface area (Å²) in [5.41, 5.74) is 5.40. The van der Waals surface area contributed by atoms with Gasteiger partial charge < -0.3 is 15.8 Å². The van der Waals surface area contributed by atoms with Crippen LogP contribution in [-0.2, 0) is 4.74 Å². The summed E-state index contributed by atoms with van der Waals surface area (Å²) >= 11 is 0. The van der Waals surface area contributed by atoms with Gasteiger partial charge in [-0.1, -0.05) is 0 Å². The number of methoxy groups -OCH3 is 1. The Morgan fingerprint density at radius 1 is 1.62 bits per heavy atom. The molecule has 0 atom stereocenters. The Morgan fingerprint density at radius 3 is 3.15 bits per heavy atom. The van der Waals surface area contributed by atoms with E-state index in [9.17, 15) is 0 Å². The van der Waals surface area contributed by atoms with E-state index in [2.05, 4.69) is 15.3 Å². The van der Waals surface area contributed by atoms with Gasteiger partial charge in [0.05, 0.1) is 0 Å². The Hall–Kier alpha value is -1.36. The average Bonchev–Trinajstić information content (AvgIpc) is 2.13. The highest BCUT2D eigenvalue weighted by atomic mass is 16.5. The van der Waals surface area contributed by atoms with Gasteiger partial charge in [0.25, 0.3) is 0 Å². The van der Waals surface area contributed by atoms with Gasteiger partial charge in [0.2, 0.25) is 5.95 Å². The number of anilines is 2. The zero-order chi connectivity index (χ0) is 9.52. The third-order valence-electron chi connectivity index (χ3n) is 1.51.